The zero-order valence-electron chi connectivity index (χ0n) is 19.3. The Balaban J connectivity index is 1.19. The number of benzene rings is 1. The van der Waals surface area contributed by atoms with Crippen LogP contribution in [-0.4, -0.2) is 42.8 Å². The van der Waals surface area contributed by atoms with Crippen molar-refractivity contribution >= 4 is 0 Å². The Morgan fingerprint density at radius 1 is 1.06 bits per heavy atom. The van der Waals surface area contributed by atoms with Crippen molar-refractivity contribution in [1.82, 2.24) is 24.6 Å². The number of imidazole rings is 1. The van der Waals surface area contributed by atoms with Gasteiger partial charge in [0.05, 0.1) is 24.2 Å². The molecule has 1 aliphatic heterocycles. The van der Waals surface area contributed by atoms with Gasteiger partial charge >= 0.3 is 0 Å². The Hall–Kier alpha value is -4.24. The first-order valence-electron chi connectivity index (χ1n) is 11.4. The Morgan fingerprint density at radius 2 is 1.83 bits per heavy atom. The molecule has 0 bridgehead atoms. The number of nitrogens with zero attached hydrogens (tertiary/aromatic N) is 6. The van der Waals surface area contributed by atoms with Crippen molar-refractivity contribution < 1.29 is 9.63 Å². The fourth-order valence-corrected chi connectivity index (χ4v) is 3.98. The maximum atomic E-state index is 9.82. The van der Waals surface area contributed by atoms with Crippen molar-refractivity contribution in [3.8, 4) is 29.2 Å². The van der Waals surface area contributed by atoms with E-state index in [2.05, 4.69) is 37.9 Å². The summed E-state index contributed by atoms with van der Waals surface area (Å²) in [5.74, 6) is 7.74. The topological polar surface area (TPSA) is 104 Å². The van der Waals surface area contributed by atoms with Crippen molar-refractivity contribution in [3.63, 3.8) is 0 Å². The largest absolute Gasteiger partial charge is 0.385 e. The van der Waals surface area contributed by atoms with Crippen LogP contribution in [0.4, 0.5) is 0 Å². The summed E-state index contributed by atoms with van der Waals surface area (Å²) in [5, 5.41) is 22.8. The minimum Gasteiger partial charge on any atom is -0.385 e. The van der Waals surface area contributed by atoms with E-state index < -0.39 is 6.10 Å². The molecule has 8 heteroatoms. The summed E-state index contributed by atoms with van der Waals surface area (Å²) in [6, 6.07) is 15.9. The molecule has 0 spiro atoms. The fourth-order valence-electron chi connectivity index (χ4n) is 3.98. The van der Waals surface area contributed by atoms with Gasteiger partial charge in [-0.3, -0.25) is 9.88 Å². The zero-order chi connectivity index (χ0) is 24.2. The minimum absolute atomic E-state index is 0.156. The van der Waals surface area contributed by atoms with Crippen LogP contribution in [0.25, 0.3) is 11.3 Å². The molecule has 1 atom stereocenters. The quantitative estimate of drug-likeness (QED) is 0.436. The number of aromatic nitrogens is 4. The van der Waals surface area contributed by atoms with Gasteiger partial charge in [0, 0.05) is 61.0 Å². The highest BCUT2D eigenvalue weighted by molar-refractivity contribution is 5.59. The van der Waals surface area contributed by atoms with E-state index in [9.17, 15) is 5.11 Å². The molecule has 1 aliphatic rings. The van der Waals surface area contributed by atoms with E-state index in [4.69, 9.17) is 9.78 Å². The first-order chi connectivity index (χ1) is 17.1. The molecule has 4 heterocycles. The molecule has 35 heavy (non-hydrogen) atoms. The molecular formula is C27H24N6O2. The number of likely N-dealkylation sites (tertiary alicyclic amines) is 1. The molecule has 5 rings (SSSR count). The molecule has 1 fully saturated rings. The second-order valence-electron chi connectivity index (χ2n) is 8.66. The van der Waals surface area contributed by atoms with Gasteiger partial charge in [-0.25, -0.2) is 4.98 Å². The smallest absolute Gasteiger partial charge is 0.167 e. The maximum absolute atomic E-state index is 9.82. The number of aliphatic hydroxyl groups is 1. The van der Waals surface area contributed by atoms with Gasteiger partial charge in [0.15, 0.2) is 5.76 Å². The number of aliphatic hydroxyl groups excluding tert-OH is 1. The lowest BCUT2D eigenvalue weighted by molar-refractivity contribution is 0.125. The van der Waals surface area contributed by atoms with Crippen LogP contribution in [0.15, 0.2) is 65.6 Å². The third kappa shape index (κ3) is 5.30. The molecule has 0 radical (unpaired) electrons. The van der Waals surface area contributed by atoms with Crippen LogP contribution in [0.5, 0.6) is 0 Å². The zero-order valence-corrected chi connectivity index (χ0v) is 19.3. The predicted molar refractivity (Wildman–Crippen MR) is 128 cm³/mol. The molecule has 1 saturated heterocycles. The standard InChI is InChI=1S/C27H24N6O2/c1-19(34)27-29-10-11-33(27)18-25-12-26(35-31-25)23-7-4-20(5-8-23)2-3-21-6-9-24(30-14-21)17-32-15-22(13-28)16-32/h4-12,14,19,22,34H,15-18H2,1H3/t19-/m0/s1. The average Bonchev–Trinajstić information content (AvgIpc) is 3.51. The van der Waals surface area contributed by atoms with E-state index in [1.165, 1.54) is 0 Å². The summed E-state index contributed by atoms with van der Waals surface area (Å²) >= 11 is 0. The van der Waals surface area contributed by atoms with E-state index in [1.807, 2.05) is 53.2 Å². The number of hydrogen-bond donors (Lipinski definition) is 1. The summed E-state index contributed by atoms with van der Waals surface area (Å²) in [7, 11) is 0. The third-order valence-corrected chi connectivity index (χ3v) is 5.88. The highest BCUT2D eigenvalue weighted by Gasteiger charge is 2.26. The number of nitriles is 1. The van der Waals surface area contributed by atoms with Gasteiger partial charge in [-0.1, -0.05) is 17.0 Å². The van der Waals surface area contributed by atoms with Gasteiger partial charge in [-0.2, -0.15) is 5.26 Å². The summed E-state index contributed by atoms with van der Waals surface area (Å²) in [6.45, 7) is 4.56. The van der Waals surface area contributed by atoms with Gasteiger partial charge in [0.2, 0.25) is 0 Å². The second-order valence-corrected chi connectivity index (χ2v) is 8.66. The Morgan fingerprint density at radius 3 is 2.54 bits per heavy atom. The van der Waals surface area contributed by atoms with Gasteiger partial charge in [0.1, 0.15) is 17.6 Å². The maximum Gasteiger partial charge on any atom is 0.167 e. The van der Waals surface area contributed by atoms with Crippen LogP contribution >= 0.6 is 0 Å². The average molecular weight is 465 g/mol. The normalized spacial score (nSPS) is 14.5. The number of pyridine rings is 1. The van der Waals surface area contributed by atoms with E-state index in [-0.39, 0.29) is 5.92 Å². The summed E-state index contributed by atoms with van der Waals surface area (Å²) in [4.78, 5) is 10.9. The molecule has 4 aromatic rings. The molecule has 0 aliphatic carbocycles. The second kappa shape index (κ2) is 9.94. The summed E-state index contributed by atoms with van der Waals surface area (Å²) < 4.78 is 7.37. The molecule has 8 nitrogen and oxygen atoms in total. The van der Waals surface area contributed by atoms with Crippen molar-refractivity contribution in [2.24, 2.45) is 5.92 Å². The first-order valence-corrected chi connectivity index (χ1v) is 11.4. The molecular weight excluding hydrogens is 440 g/mol. The molecule has 3 aromatic heterocycles. The van der Waals surface area contributed by atoms with E-state index in [1.54, 1.807) is 19.3 Å². The van der Waals surface area contributed by atoms with Gasteiger partial charge in [-0.05, 0) is 43.3 Å². The Labute approximate surface area is 203 Å². The first kappa shape index (κ1) is 22.5. The lowest BCUT2D eigenvalue weighted by Gasteiger charge is -2.34. The summed E-state index contributed by atoms with van der Waals surface area (Å²) in [6.07, 6.45) is 4.61. The lowest BCUT2D eigenvalue weighted by atomic mass is 10.0. The molecule has 0 amide bonds. The fraction of sp³-hybridized carbons (Fsp3) is 0.259. The number of hydrogen-bond acceptors (Lipinski definition) is 7. The van der Waals surface area contributed by atoms with Gasteiger partial charge < -0.3 is 14.2 Å². The van der Waals surface area contributed by atoms with Crippen molar-refractivity contribution in [2.45, 2.75) is 26.1 Å². The van der Waals surface area contributed by atoms with Gasteiger partial charge in [-0.15, -0.1) is 0 Å². The number of rotatable bonds is 6. The minimum atomic E-state index is -0.651. The molecule has 0 saturated carbocycles. The molecule has 0 unspecified atom stereocenters. The monoisotopic (exact) mass is 464 g/mol. The van der Waals surface area contributed by atoms with Crippen LogP contribution < -0.4 is 0 Å². The Bertz CT molecular complexity index is 1390. The van der Waals surface area contributed by atoms with Crippen LogP contribution in [-0.2, 0) is 13.1 Å². The molecule has 1 N–H and O–H groups in total. The van der Waals surface area contributed by atoms with E-state index >= 15 is 0 Å². The highest BCUT2D eigenvalue weighted by atomic mass is 16.5. The van der Waals surface area contributed by atoms with E-state index in [0.717, 1.165) is 47.7 Å². The molecule has 174 valence electrons. The lowest BCUT2D eigenvalue weighted by Crippen LogP contribution is -2.45. The predicted octanol–water partition coefficient (Wildman–Crippen LogP) is 3.39. The SMILES string of the molecule is C[C@H](O)c1nccn1Cc1cc(-c2ccc(C#Cc3ccc(CN4CC(C#N)C4)nc3)cc2)on1. The third-order valence-electron chi connectivity index (χ3n) is 5.88. The van der Waals surface area contributed by atoms with Gasteiger partial charge in [0.25, 0.3) is 0 Å². The van der Waals surface area contributed by atoms with Crippen LogP contribution in [0.2, 0.25) is 0 Å². The van der Waals surface area contributed by atoms with Crippen molar-refractivity contribution in [3.05, 3.63) is 89.4 Å². The Kier molecular flexibility index (Phi) is 6.40. The van der Waals surface area contributed by atoms with Crippen molar-refractivity contribution in [2.75, 3.05) is 13.1 Å². The van der Waals surface area contributed by atoms with Crippen molar-refractivity contribution in [1.29, 1.82) is 5.26 Å². The van der Waals surface area contributed by atoms with E-state index in [0.29, 0.717) is 18.1 Å². The van der Waals surface area contributed by atoms with Crippen LogP contribution in [0, 0.1) is 29.1 Å². The van der Waals surface area contributed by atoms with Crippen LogP contribution in [0.3, 0.4) is 0 Å². The highest BCUT2D eigenvalue weighted by Crippen LogP contribution is 2.22. The summed E-state index contributed by atoms with van der Waals surface area (Å²) in [5.41, 5.74) is 4.39. The van der Waals surface area contributed by atoms with Crippen LogP contribution in [0.1, 0.15) is 41.4 Å². The molecule has 1 aromatic carbocycles.